The molecule has 1 aromatic rings. The molecule has 2 N–H and O–H groups in total. The highest BCUT2D eigenvalue weighted by Crippen LogP contribution is 2.48. The Bertz CT molecular complexity index is 975. The van der Waals surface area contributed by atoms with E-state index in [0.29, 0.717) is 42.1 Å². The van der Waals surface area contributed by atoms with E-state index in [4.69, 9.17) is 15.2 Å². The third-order valence-electron chi connectivity index (χ3n) is 5.20. The molecule has 1 aliphatic carbocycles. The number of nitriles is 1. The van der Waals surface area contributed by atoms with Gasteiger partial charge in [0.05, 0.1) is 24.4 Å². The van der Waals surface area contributed by atoms with Crippen LogP contribution in [0.15, 0.2) is 22.8 Å². The Morgan fingerprint density at radius 1 is 1.46 bits per heavy atom. The van der Waals surface area contributed by atoms with E-state index in [1.54, 1.807) is 11.6 Å². The number of hydrogen-bond acceptors (Lipinski definition) is 7. The third kappa shape index (κ3) is 2.97. The zero-order chi connectivity index (χ0) is 20.8. The van der Waals surface area contributed by atoms with Gasteiger partial charge in [-0.2, -0.15) is 10.4 Å². The van der Waals surface area contributed by atoms with Crippen molar-refractivity contribution in [1.82, 2.24) is 9.78 Å². The number of methoxy groups -OCH3 is 1. The van der Waals surface area contributed by atoms with Crippen molar-refractivity contribution in [3.05, 3.63) is 39.7 Å². The van der Waals surface area contributed by atoms with E-state index in [2.05, 4.69) is 11.2 Å². The van der Waals surface area contributed by atoms with Crippen LogP contribution >= 0.6 is 0 Å². The summed E-state index contributed by atoms with van der Waals surface area (Å²) >= 11 is 0. The maximum Gasteiger partial charge on any atom is 0.341 e. The van der Waals surface area contributed by atoms with Crippen molar-refractivity contribution in [2.45, 2.75) is 53.0 Å². The molecule has 0 saturated carbocycles. The summed E-state index contributed by atoms with van der Waals surface area (Å²) in [7, 11) is 1.28. The number of nitrogens with zero attached hydrogens (tertiary/aromatic N) is 3. The van der Waals surface area contributed by atoms with Gasteiger partial charge in [0.2, 0.25) is 5.88 Å². The number of carbonyl (C=O) groups excluding carboxylic acids is 2. The van der Waals surface area contributed by atoms with Crippen LogP contribution in [0.2, 0.25) is 0 Å². The number of esters is 1. The molecule has 2 heterocycles. The van der Waals surface area contributed by atoms with E-state index in [1.807, 2.05) is 20.8 Å². The summed E-state index contributed by atoms with van der Waals surface area (Å²) < 4.78 is 12.3. The zero-order valence-electron chi connectivity index (χ0n) is 16.8. The molecular weight excluding hydrogens is 360 g/mol. The van der Waals surface area contributed by atoms with E-state index in [9.17, 15) is 14.9 Å². The fraction of sp³-hybridized carbons (Fsp3) is 0.500. The van der Waals surface area contributed by atoms with Crippen molar-refractivity contribution in [1.29, 1.82) is 5.26 Å². The average molecular weight is 384 g/mol. The Morgan fingerprint density at radius 3 is 2.71 bits per heavy atom. The van der Waals surface area contributed by atoms with Gasteiger partial charge in [0.15, 0.2) is 5.78 Å². The first-order valence-corrected chi connectivity index (χ1v) is 9.14. The van der Waals surface area contributed by atoms with Crippen LogP contribution in [0.4, 0.5) is 0 Å². The molecule has 3 rings (SSSR count). The van der Waals surface area contributed by atoms with Gasteiger partial charge in [0.1, 0.15) is 23.0 Å². The van der Waals surface area contributed by atoms with Gasteiger partial charge in [0.25, 0.3) is 0 Å². The SMILES string of the molecule is CCn1nc(C)c(C(=O)OC)c1C1C(C#N)=C(N)OC2=C1C(=O)CC(C)(C)C2. The largest absolute Gasteiger partial charge is 0.465 e. The van der Waals surface area contributed by atoms with Crippen LogP contribution < -0.4 is 5.73 Å². The summed E-state index contributed by atoms with van der Waals surface area (Å²) in [6.45, 7) is 7.98. The molecule has 0 bridgehead atoms. The van der Waals surface area contributed by atoms with Crippen LogP contribution in [0.1, 0.15) is 61.3 Å². The molecule has 0 spiro atoms. The van der Waals surface area contributed by atoms with Crippen LogP contribution in [0, 0.1) is 23.7 Å². The molecule has 1 atom stereocenters. The highest BCUT2D eigenvalue weighted by atomic mass is 16.5. The average Bonchev–Trinajstić information content (AvgIpc) is 2.94. The molecule has 1 aliphatic heterocycles. The lowest BCUT2D eigenvalue weighted by molar-refractivity contribution is -0.119. The topological polar surface area (TPSA) is 120 Å². The van der Waals surface area contributed by atoms with Crippen LogP contribution in [-0.2, 0) is 20.8 Å². The molecule has 0 radical (unpaired) electrons. The first-order chi connectivity index (χ1) is 13.1. The second kappa shape index (κ2) is 6.82. The van der Waals surface area contributed by atoms with Crippen LogP contribution in [0.25, 0.3) is 0 Å². The smallest absolute Gasteiger partial charge is 0.341 e. The minimum Gasteiger partial charge on any atom is -0.465 e. The summed E-state index contributed by atoms with van der Waals surface area (Å²) in [5, 5.41) is 14.2. The van der Waals surface area contributed by atoms with Gasteiger partial charge in [-0.3, -0.25) is 9.48 Å². The third-order valence-corrected chi connectivity index (χ3v) is 5.20. The maximum absolute atomic E-state index is 13.1. The molecule has 8 nitrogen and oxygen atoms in total. The standard InChI is InChI=1S/C20H24N4O4/c1-6-24-17(14(10(2)23-24)19(26)27-5)15-11(9-21)18(22)28-13-8-20(3,4)7-12(25)16(13)15/h15H,6-8,22H2,1-5H3. The number of aromatic nitrogens is 2. The Balaban J connectivity index is 2.33. The minimum absolute atomic E-state index is 0.0472. The number of hydrogen-bond donors (Lipinski definition) is 1. The van der Waals surface area contributed by atoms with E-state index < -0.39 is 11.9 Å². The van der Waals surface area contributed by atoms with Crippen molar-refractivity contribution in [2.75, 3.05) is 7.11 Å². The predicted octanol–water partition coefficient (Wildman–Crippen LogP) is 2.45. The second-order valence-corrected chi connectivity index (χ2v) is 7.86. The van der Waals surface area contributed by atoms with Crippen molar-refractivity contribution in [3.63, 3.8) is 0 Å². The molecule has 28 heavy (non-hydrogen) atoms. The Labute approximate surface area is 163 Å². The number of allylic oxidation sites excluding steroid dienone is 3. The fourth-order valence-corrected chi connectivity index (χ4v) is 4.05. The predicted molar refractivity (Wildman–Crippen MR) is 99.7 cm³/mol. The van der Waals surface area contributed by atoms with E-state index in [-0.39, 0.29) is 28.2 Å². The van der Waals surface area contributed by atoms with Crippen molar-refractivity contribution in [2.24, 2.45) is 11.1 Å². The number of ether oxygens (including phenoxy) is 2. The number of nitrogens with two attached hydrogens (primary N) is 1. The summed E-state index contributed by atoms with van der Waals surface area (Å²) in [6, 6.07) is 2.07. The number of aryl methyl sites for hydroxylation is 2. The summed E-state index contributed by atoms with van der Waals surface area (Å²) in [5.74, 6) is -1.09. The van der Waals surface area contributed by atoms with Crippen molar-refractivity contribution in [3.8, 4) is 6.07 Å². The quantitative estimate of drug-likeness (QED) is 0.795. The Hall–Kier alpha value is -3.08. The van der Waals surface area contributed by atoms with Gasteiger partial charge in [-0.1, -0.05) is 13.8 Å². The fourth-order valence-electron chi connectivity index (χ4n) is 4.05. The number of rotatable bonds is 3. The summed E-state index contributed by atoms with van der Waals surface area (Å²) in [6.07, 6.45) is 0.827. The lowest BCUT2D eigenvalue weighted by Crippen LogP contribution is -2.34. The van der Waals surface area contributed by atoms with Crippen molar-refractivity contribution >= 4 is 11.8 Å². The number of carbonyl (C=O) groups is 2. The lowest BCUT2D eigenvalue weighted by Gasteiger charge is -2.37. The monoisotopic (exact) mass is 384 g/mol. The van der Waals surface area contributed by atoms with Crippen molar-refractivity contribution < 1.29 is 19.1 Å². The van der Waals surface area contributed by atoms with E-state index >= 15 is 0 Å². The molecular formula is C20H24N4O4. The molecule has 0 saturated heterocycles. The Kier molecular flexibility index (Phi) is 4.79. The first-order valence-electron chi connectivity index (χ1n) is 9.14. The normalized spacial score (nSPS) is 21.1. The minimum atomic E-state index is -0.812. The molecule has 0 amide bonds. The van der Waals surface area contributed by atoms with E-state index in [1.165, 1.54) is 7.11 Å². The molecule has 1 unspecified atom stereocenters. The highest BCUT2D eigenvalue weighted by Gasteiger charge is 2.45. The molecule has 0 fully saturated rings. The van der Waals surface area contributed by atoms with Gasteiger partial charge in [0, 0.05) is 25.0 Å². The molecule has 1 aromatic heterocycles. The van der Waals surface area contributed by atoms with Crippen LogP contribution in [0.3, 0.4) is 0 Å². The molecule has 8 heteroatoms. The summed E-state index contributed by atoms with van der Waals surface area (Å²) in [5.41, 5.74) is 7.42. The molecule has 2 aliphatic rings. The summed E-state index contributed by atoms with van der Waals surface area (Å²) in [4.78, 5) is 25.6. The second-order valence-electron chi connectivity index (χ2n) is 7.86. The number of ketones is 1. The van der Waals surface area contributed by atoms with Crippen LogP contribution in [-0.4, -0.2) is 28.6 Å². The first kappa shape index (κ1) is 19.7. The molecule has 148 valence electrons. The van der Waals surface area contributed by atoms with Gasteiger partial charge >= 0.3 is 5.97 Å². The van der Waals surface area contributed by atoms with Gasteiger partial charge < -0.3 is 15.2 Å². The zero-order valence-corrected chi connectivity index (χ0v) is 16.8. The molecule has 0 aromatic carbocycles. The van der Waals surface area contributed by atoms with Gasteiger partial charge in [-0.05, 0) is 19.3 Å². The van der Waals surface area contributed by atoms with Gasteiger partial charge in [-0.25, -0.2) is 4.79 Å². The van der Waals surface area contributed by atoms with Crippen LogP contribution in [0.5, 0.6) is 0 Å². The number of Topliss-reactive ketones (excluding diaryl/α,β-unsaturated/α-hetero) is 1. The van der Waals surface area contributed by atoms with E-state index in [0.717, 1.165) is 0 Å². The Morgan fingerprint density at radius 2 is 2.14 bits per heavy atom. The van der Waals surface area contributed by atoms with Gasteiger partial charge in [-0.15, -0.1) is 0 Å². The highest BCUT2D eigenvalue weighted by molar-refractivity contribution is 6.01. The maximum atomic E-state index is 13.1. The lowest BCUT2D eigenvalue weighted by atomic mass is 9.70.